The molecule has 0 spiro atoms. The molecule has 0 aliphatic carbocycles. The summed E-state index contributed by atoms with van der Waals surface area (Å²) in [5.74, 6) is 0.213. The van der Waals surface area contributed by atoms with Crippen LogP contribution in [0.25, 0.3) is 0 Å². The van der Waals surface area contributed by atoms with Crippen molar-refractivity contribution in [3.8, 4) is 0 Å². The average Bonchev–Trinajstić information content (AvgIpc) is 2.56. The van der Waals surface area contributed by atoms with E-state index < -0.39 is 0 Å². The summed E-state index contributed by atoms with van der Waals surface area (Å²) in [5, 5.41) is 6.12. The van der Waals surface area contributed by atoms with E-state index in [-0.39, 0.29) is 11.8 Å². The first-order valence-electron chi connectivity index (χ1n) is 6.27. The van der Waals surface area contributed by atoms with Crippen LogP contribution in [0.4, 0.5) is 0 Å². The highest BCUT2D eigenvalue weighted by atomic mass is 16.1. The second kappa shape index (κ2) is 6.86. The van der Waals surface area contributed by atoms with Gasteiger partial charge in [-0.25, -0.2) is 0 Å². The molecular weight excluding hydrogens is 202 g/mol. The van der Waals surface area contributed by atoms with Crippen LogP contribution in [0.3, 0.4) is 0 Å². The van der Waals surface area contributed by atoms with Crippen LogP contribution in [0.2, 0.25) is 0 Å². The number of nitrogens with one attached hydrogen (secondary N) is 2. The van der Waals surface area contributed by atoms with Gasteiger partial charge in [-0.1, -0.05) is 6.92 Å². The molecule has 1 saturated heterocycles. The standard InChI is InChI=1S/C12H25N3O/c1-10(12(16)13-2)9-15(3)11-5-4-7-14-8-6-11/h10-11,14H,4-9H2,1-3H3,(H,13,16). The Balaban J connectivity index is 2.37. The molecule has 94 valence electrons. The highest BCUT2D eigenvalue weighted by Crippen LogP contribution is 2.13. The lowest BCUT2D eigenvalue weighted by molar-refractivity contribution is -0.124. The third kappa shape index (κ3) is 4.10. The van der Waals surface area contributed by atoms with Crippen molar-refractivity contribution in [3.05, 3.63) is 0 Å². The van der Waals surface area contributed by atoms with Gasteiger partial charge in [-0.15, -0.1) is 0 Å². The van der Waals surface area contributed by atoms with E-state index in [1.165, 1.54) is 19.3 Å². The summed E-state index contributed by atoms with van der Waals surface area (Å²) in [4.78, 5) is 13.8. The number of nitrogens with zero attached hydrogens (tertiary/aromatic N) is 1. The minimum atomic E-state index is 0.0752. The Morgan fingerprint density at radius 3 is 2.94 bits per heavy atom. The van der Waals surface area contributed by atoms with E-state index in [0.29, 0.717) is 6.04 Å². The second-order valence-electron chi connectivity index (χ2n) is 4.79. The summed E-state index contributed by atoms with van der Waals surface area (Å²) in [6, 6.07) is 0.627. The molecule has 0 aromatic rings. The van der Waals surface area contributed by atoms with Gasteiger partial charge in [0.25, 0.3) is 0 Å². The quantitative estimate of drug-likeness (QED) is 0.732. The van der Waals surface area contributed by atoms with E-state index >= 15 is 0 Å². The molecule has 4 heteroatoms. The number of carbonyl (C=O) groups is 1. The van der Waals surface area contributed by atoms with E-state index in [9.17, 15) is 4.79 Å². The molecule has 1 amide bonds. The van der Waals surface area contributed by atoms with Crippen LogP contribution in [0, 0.1) is 5.92 Å². The molecule has 1 rings (SSSR count). The predicted molar refractivity (Wildman–Crippen MR) is 66.4 cm³/mol. The molecule has 0 saturated carbocycles. The fourth-order valence-corrected chi connectivity index (χ4v) is 2.35. The molecule has 2 atom stereocenters. The highest BCUT2D eigenvalue weighted by molar-refractivity contribution is 5.78. The van der Waals surface area contributed by atoms with Crippen molar-refractivity contribution >= 4 is 5.91 Å². The SMILES string of the molecule is CNC(=O)C(C)CN(C)C1CCCNCC1. The predicted octanol–water partition coefficient (Wildman–Crippen LogP) is 0.442. The van der Waals surface area contributed by atoms with Crippen molar-refractivity contribution in [1.82, 2.24) is 15.5 Å². The van der Waals surface area contributed by atoms with Crippen molar-refractivity contribution in [2.45, 2.75) is 32.2 Å². The van der Waals surface area contributed by atoms with E-state index in [2.05, 4.69) is 22.6 Å². The Hall–Kier alpha value is -0.610. The maximum Gasteiger partial charge on any atom is 0.223 e. The van der Waals surface area contributed by atoms with Gasteiger partial charge in [0.05, 0.1) is 0 Å². The van der Waals surface area contributed by atoms with Gasteiger partial charge in [-0.05, 0) is 39.4 Å². The van der Waals surface area contributed by atoms with E-state index in [0.717, 1.165) is 19.6 Å². The van der Waals surface area contributed by atoms with Gasteiger partial charge in [-0.3, -0.25) is 4.79 Å². The fraction of sp³-hybridized carbons (Fsp3) is 0.917. The van der Waals surface area contributed by atoms with Crippen LogP contribution in [0.1, 0.15) is 26.2 Å². The highest BCUT2D eigenvalue weighted by Gasteiger charge is 2.20. The van der Waals surface area contributed by atoms with Crippen LogP contribution in [0.5, 0.6) is 0 Å². The second-order valence-corrected chi connectivity index (χ2v) is 4.79. The lowest BCUT2D eigenvalue weighted by Crippen LogP contribution is -2.39. The fourth-order valence-electron chi connectivity index (χ4n) is 2.35. The van der Waals surface area contributed by atoms with Gasteiger partial charge < -0.3 is 15.5 Å². The van der Waals surface area contributed by atoms with Crippen LogP contribution in [-0.4, -0.2) is 50.6 Å². The van der Waals surface area contributed by atoms with Crippen molar-refractivity contribution in [1.29, 1.82) is 0 Å². The van der Waals surface area contributed by atoms with E-state index in [1.807, 2.05) is 6.92 Å². The molecule has 16 heavy (non-hydrogen) atoms. The van der Waals surface area contributed by atoms with Crippen LogP contribution in [0.15, 0.2) is 0 Å². The molecule has 2 N–H and O–H groups in total. The molecule has 4 nitrogen and oxygen atoms in total. The van der Waals surface area contributed by atoms with Crippen LogP contribution < -0.4 is 10.6 Å². The monoisotopic (exact) mass is 227 g/mol. The van der Waals surface area contributed by atoms with Crippen molar-refractivity contribution in [2.24, 2.45) is 5.92 Å². The topological polar surface area (TPSA) is 44.4 Å². The van der Waals surface area contributed by atoms with E-state index in [4.69, 9.17) is 0 Å². The minimum Gasteiger partial charge on any atom is -0.359 e. The van der Waals surface area contributed by atoms with Gasteiger partial charge in [0.2, 0.25) is 5.91 Å². The van der Waals surface area contributed by atoms with Gasteiger partial charge >= 0.3 is 0 Å². The number of amides is 1. The smallest absolute Gasteiger partial charge is 0.223 e. The molecule has 2 unspecified atom stereocenters. The molecule has 1 aliphatic heterocycles. The summed E-state index contributed by atoms with van der Waals surface area (Å²) in [6.07, 6.45) is 3.67. The third-order valence-corrected chi connectivity index (χ3v) is 3.42. The molecule has 0 aromatic heterocycles. The number of carbonyl (C=O) groups excluding carboxylic acids is 1. The van der Waals surface area contributed by atoms with Gasteiger partial charge in [-0.2, -0.15) is 0 Å². The molecule has 1 fully saturated rings. The molecule has 1 heterocycles. The zero-order chi connectivity index (χ0) is 12.0. The Kier molecular flexibility index (Phi) is 5.77. The number of hydrogen-bond acceptors (Lipinski definition) is 3. The molecule has 0 aromatic carbocycles. The maximum absolute atomic E-state index is 11.4. The van der Waals surface area contributed by atoms with Gasteiger partial charge in [0, 0.05) is 25.6 Å². The Bertz CT molecular complexity index is 212. The lowest BCUT2D eigenvalue weighted by atomic mass is 10.1. The van der Waals surface area contributed by atoms with Crippen molar-refractivity contribution in [3.63, 3.8) is 0 Å². The Morgan fingerprint density at radius 2 is 2.25 bits per heavy atom. The van der Waals surface area contributed by atoms with Gasteiger partial charge in [0.15, 0.2) is 0 Å². The summed E-state index contributed by atoms with van der Waals surface area (Å²) in [6.45, 7) is 5.08. The first-order chi connectivity index (χ1) is 7.65. The first-order valence-corrected chi connectivity index (χ1v) is 6.27. The third-order valence-electron chi connectivity index (χ3n) is 3.42. The number of hydrogen-bond donors (Lipinski definition) is 2. The lowest BCUT2D eigenvalue weighted by Gasteiger charge is -2.28. The first kappa shape index (κ1) is 13.5. The minimum absolute atomic E-state index is 0.0752. The van der Waals surface area contributed by atoms with Crippen molar-refractivity contribution in [2.75, 3.05) is 33.7 Å². The summed E-state index contributed by atoms with van der Waals surface area (Å²) in [7, 11) is 3.84. The largest absolute Gasteiger partial charge is 0.359 e. The molecule has 0 radical (unpaired) electrons. The summed E-state index contributed by atoms with van der Waals surface area (Å²) in [5.41, 5.74) is 0. The Morgan fingerprint density at radius 1 is 1.50 bits per heavy atom. The molecular formula is C12H25N3O. The Labute approximate surface area is 98.8 Å². The van der Waals surface area contributed by atoms with Gasteiger partial charge in [0.1, 0.15) is 0 Å². The summed E-state index contributed by atoms with van der Waals surface area (Å²) >= 11 is 0. The van der Waals surface area contributed by atoms with Crippen LogP contribution >= 0.6 is 0 Å². The zero-order valence-electron chi connectivity index (χ0n) is 10.8. The normalized spacial score (nSPS) is 23.9. The number of rotatable bonds is 4. The molecule has 0 bridgehead atoms. The average molecular weight is 227 g/mol. The summed E-state index contributed by atoms with van der Waals surface area (Å²) < 4.78 is 0. The maximum atomic E-state index is 11.4. The van der Waals surface area contributed by atoms with Crippen LogP contribution in [-0.2, 0) is 4.79 Å². The van der Waals surface area contributed by atoms with Crippen molar-refractivity contribution < 1.29 is 4.79 Å². The zero-order valence-corrected chi connectivity index (χ0v) is 10.8. The van der Waals surface area contributed by atoms with E-state index in [1.54, 1.807) is 7.05 Å². The molecule has 1 aliphatic rings.